The van der Waals surface area contributed by atoms with Gasteiger partial charge in [-0.25, -0.2) is 0 Å². The van der Waals surface area contributed by atoms with E-state index in [1.807, 2.05) is 16.8 Å². The smallest absolute Gasteiger partial charge is 0.358 e. The van der Waals surface area contributed by atoms with Crippen LogP contribution in [-0.2, 0) is 11.8 Å². The third-order valence-corrected chi connectivity index (χ3v) is 4.69. The van der Waals surface area contributed by atoms with Crippen LogP contribution in [0.1, 0.15) is 12.8 Å². The van der Waals surface area contributed by atoms with Crippen molar-refractivity contribution in [2.45, 2.75) is 18.9 Å². The lowest BCUT2D eigenvalue weighted by atomic mass is 10.1. The highest BCUT2D eigenvalue weighted by molar-refractivity contribution is 5.86. The summed E-state index contributed by atoms with van der Waals surface area (Å²) in [6, 6.07) is -0.326. The zero-order valence-corrected chi connectivity index (χ0v) is 13.5. The van der Waals surface area contributed by atoms with Crippen LogP contribution < -0.4 is 4.90 Å². The summed E-state index contributed by atoms with van der Waals surface area (Å²) in [4.78, 5) is 33.4. The van der Waals surface area contributed by atoms with E-state index in [2.05, 4.69) is 9.88 Å². The number of piperazine rings is 1. The maximum absolute atomic E-state index is 12.9. The average molecular weight is 322 g/mol. The van der Waals surface area contributed by atoms with Crippen LogP contribution in [0, 0.1) is 10.1 Å². The number of likely N-dealkylation sites (N-methyl/N-ethyl adjacent to an activating group) is 1. The number of carbonyl (C=O) groups is 1. The molecular formula is C14H22N6O3. The van der Waals surface area contributed by atoms with E-state index in [0.29, 0.717) is 25.5 Å². The van der Waals surface area contributed by atoms with Gasteiger partial charge >= 0.3 is 5.82 Å². The van der Waals surface area contributed by atoms with Gasteiger partial charge in [0.2, 0.25) is 18.1 Å². The number of aryl methyl sites for hydroxylation is 1. The minimum atomic E-state index is -0.481. The Morgan fingerprint density at radius 3 is 2.61 bits per heavy atom. The second-order valence-corrected chi connectivity index (χ2v) is 6.24. The van der Waals surface area contributed by atoms with Crippen molar-refractivity contribution in [2.24, 2.45) is 7.05 Å². The van der Waals surface area contributed by atoms with Gasteiger partial charge in [0.1, 0.15) is 6.04 Å². The van der Waals surface area contributed by atoms with Crippen molar-refractivity contribution < 1.29 is 9.72 Å². The fourth-order valence-electron chi connectivity index (χ4n) is 3.39. The van der Waals surface area contributed by atoms with Gasteiger partial charge in [-0.1, -0.05) is 0 Å². The van der Waals surface area contributed by atoms with Gasteiger partial charge in [-0.05, 0) is 29.8 Å². The molecule has 0 unspecified atom stereocenters. The minimum absolute atomic E-state index is 0.0751. The van der Waals surface area contributed by atoms with Crippen molar-refractivity contribution in [1.29, 1.82) is 0 Å². The minimum Gasteiger partial charge on any atom is -0.358 e. The molecule has 1 aromatic heterocycles. The highest BCUT2D eigenvalue weighted by Gasteiger charge is 2.39. The lowest BCUT2D eigenvalue weighted by Gasteiger charge is -2.36. The maximum atomic E-state index is 12.9. The Balaban J connectivity index is 1.82. The molecule has 0 N–H and O–H groups in total. The lowest BCUT2D eigenvalue weighted by Crippen LogP contribution is -2.53. The molecule has 0 aliphatic carbocycles. The number of imidazole rings is 1. The van der Waals surface area contributed by atoms with E-state index < -0.39 is 4.92 Å². The number of nitro groups is 1. The van der Waals surface area contributed by atoms with Crippen LogP contribution in [0.3, 0.4) is 0 Å². The summed E-state index contributed by atoms with van der Waals surface area (Å²) < 4.78 is 1.63. The fraction of sp³-hybridized carbons (Fsp3) is 0.714. The Morgan fingerprint density at radius 1 is 1.26 bits per heavy atom. The van der Waals surface area contributed by atoms with Gasteiger partial charge in [0.05, 0.1) is 0 Å². The summed E-state index contributed by atoms with van der Waals surface area (Å²) in [5.74, 6) is 0.330. The molecule has 0 saturated carbocycles. The van der Waals surface area contributed by atoms with E-state index in [-0.39, 0.29) is 17.8 Å². The summed E-state index contributed by atoms with van der Waals surface area (Å²) in [6.07, 6.45) is 3.02. The molecule has 9 heteroatoms. The molecule has 23 heavy (non-hydrogen) atoms. The van der Waals surface area contributed by atoms with Gasteiger partial charge in [0, 0.05) is 39.8 Å². The van der Waals surface area contributed by atoms with Crippen LogP contribution in [-0.4, -0.2) is 76.0 Å². The van der Waals surface area contributed by atoms with Gasteiger partial charge in [0.25, 0.3) is 0 Å². The second-order valence-electron chi connectivity index (χ2n) is 6.24. The van der Waals surface area contributed by atoms with E-state index in [4.69, 9.17) is 0 Å². The predicted molar refractivity (Wildman–Crippen MR) is 84.3 cm³/mol. The lowest BCUT2D eigenvalue weighted by molar-refractivity contribution is -0.388. The first kappa shape index (κ1) is 15.7. The zero-order chi connectivity index (χ0) is 16.6. The van der Waals surface area contributed by atoms with E-state index in [1.54, 1.807) is 11.6 Å². The van der Waals surface area contributed by atoms with E-state index in [0.717, 1.165) is 25.9 Å². The Bertz CT molecular complexity index is 608. The van der Waals surface area contributed by atoms with Gasteiger partial charge in [0.15, 0.2) is 0 Å². The van der Waals surface area contributed by atoms with Gasteiger partial charge < -0.3 is 24.8 Å². The summed E-state index contributed by atoms with van der Waals surface area (Å²) in [5.41, 5.74) is 0. The van der Waals surface area contributed by atoms with Crippen molar-refractivity contribution in [1.82, 2.24) is 19.4 Å². The maximum Gasteiger partial charge on any atom is 0.406 e. The first-order chi connectivity index (χ1) is 11.0. The normalized spacial score (nSPS) is 22.6. The zero-order valence-electron chi connectivity index (χ0n) is 13.5. The molecule has 9 nitrogen and oxygen atoms in total. The number of hydrogen-bond donors (Lipinski definition) is 0. The first-order valence-corrected chi connectivity index (χ1v) is 7.88. The molecule has 2 aliphatic rings. The molecule has 1 amide bonds. The first-order valence-electron chi connectivity index (χ1n) is 7.88. The molecule has 0 aromatic carbocycles. The molecule has 2 fully saturated rings. The van der Waals surface area contributed by atoms with Crippen LogP contribution in [0.5, 0.6) is 0 Å². The fourth-order valence-corrected chi connectivity index (χ4v) is 3.39. The number of carbonyl (C=O) groups excluding carboxylic acids is 1. The van der Waals surface area contributed by atoms with Crippen LogP contribution in [0.4, 0.5) is 11.6 Å². The molecule has 3 rings (SSSR count). The van der Waals surface area contributed by atoms with Gasteiger partial charge in [-0.3, -0.25) is 9.36 Å². The SMILES string of the molecule is CN1CCN(C(=O)[C@H]2CCCN2c2c([N+](=O)[O-])ncn2C)CC1. The standard InChI is InChI=1S/C14H22N6O3/c1-16-6-8-18(9-7-16)14(21)11-4-3-5-19(11)13-12(20(22)23)15-10-17(13)2/h10-11H,3-9H2,1-2H3/t11-/m1/s1. The van der Waals surface area contributed by atoms with Crippen LogP contribution in [0.25, 0.3) is 0 Å². The Kier molecular flexibility index (Phi) is 4.20. The summed E-state index contributed by atoms with van der Waals surface area (Å²) in [7, 11) is 3.77. The topological polar surface area (TPSA) is 87.8 Å². The second kappa shape index (κ2) is 6.15. The van der Waals surface area contributed by atoms with E-state index >= 15 is 0 Å². The van der Waals surface area contributed by atoms with Crippen molar-refractivity contribution in [2.75, 3.05) is 44.7 Å². The predicted octanol–water partition coefficient (Wildman–Crippen LogP) is 0.0711. The van der Waals surface area contributed by atoms with Crippen molar-refractivity contribution in [3.05, 3.63) is 16.4 Å². The molecule has 3 heterocycles. The Morgan fingerprint density at radius 2 is 1.96 bits per heavy atom. The summed E-state index contributed by atoms with van der Waals surface area (Å²) in [5, 5.41) is 11.2. The Hall–Kier alpha value is -2.16. The van der Waals surface area contributed by atoms with Crippen molar-refractivity contribution in [3.8, 4) is 0 Å². The van der Waals surface area contributed by atoms with Gasteiger partial charge in [-0.2, -0.15) is 0 Å². The number of amides is 1. The van der Waals surface area contributed by atoms with Gasteiger partial charge in [-0.15, -0.1) is 0 Å². The van der Waals surface area contributed by atoms with E-state index in [9.17, 15) is 14.9 Å². The highest BCUT2D eigenvalue weighted by atomic mass is 16.6. The summed E-state index contributed by atoms with van der Waals surface area (Å²) in [6.45, 7) is 3.81. The Labute approximate surface area is 134 Å². The van der Waals surface area contributed by atoms with Crippen molar-refractivity contribution >= 4 is 17.5 Å². The molecule has 1 atom stereocenters. The van der Waals surface area contributed by atoms with Crippen molar-refractivity contribution in [3.63, 3.8) is 0 Å². The molecule has 0 spiro atoms. The molecule has 0 radical (unpaired) electrons. The number of nitrogens with zero attached hydrogens (tertiary/aromatic N) is 6. The molecule has 1 aromatic rings. The number of hydrogen-bond acceptors (Lipinski definition) is 6. The third-order valence-electron chi connectivity index (χ3n) is 4.69. The largest absolute Gasteiger partial charge is 0.406 e. The molecular weight excluding hydrogens is 300 g/mol. The summed E-state index contributed by atoms with van der Waals surface area (Å²) >= 11 is 0. The van der Waals surface area contributed by atoms with Crippen LogP contribution in [0.2, 0.25) is 0 Å². The van der Waals surface area contributed by atoms with Crippen LogP contribution >= 0.6 is 0 Å². The number of aromatic nitrogens is 2. The van der Waals surface area contributed by atoms with E-state index in [1.165, 1.54) is 6.33 Å². The molecule has 126 valence electrons. The molecule has 2 aliphatic heterocycles. The number of rotatable bonds is 3. The average Bonchev–Trinajstić information content (AvgIpc) is 3.13. The number of anilines is 1. The third kappa shape index (κ3) is 2.88. The monoisotopic (exact) mass is 322 g/mol. The van der Waals surface area contributed by atoms with Crippen LogP contribution in [0.15, 0.2) is 6.33 Å². The quantitative estimate of drug-likeness (QED) is 0.578. The highest BCUT2D eigenvalue weighted by Crippen LogP contribution is 2.32. The molecule has 0 bridgehead atoms. The molecule has 2 saturated heterocycles.